The highest BCUT2D eigenvalue weighted by molar-refractivity contribution is 7.89. The van der Waals surface area contributed by atoms with Crippen molar-refractivity contribution in [1.29, 1.82) is 0 Å². The number of sulfonamides is 1. The molecule has 1 heterocycles. The first-order valence-electron chi connectivity index (χ1n) is 7.71. The SMILES string of the molecule is CCCC(C)CS(=O)(=O)N(CCC)C1CCNCC1. The van der Waals surface area contributed by atoms with E-state index in [0.29, 0.717) is 12.3 Å². The van der Waals surface area contributed by atoms with Crippen LogP contribution in [0, 0.1) is 5.92 Å². The zero-order valence-corrected chi connectivity index (χ0v) is 13.5. The molecule has 1 aliphatic heterocycles. The van der Waals surface area contributed by atoms with Crippen LogP contribution < -0.4 is 5.32 Å². The van der Waals surface area contributed by atoms with E-state index in [9.17, 15) is 8.42 Å². The molecule has 5 heteroatoms. The second-order valence-corrected chi connectivity index (χ2v) is 7.73. The number of hydrogen-bond donors (Lipinski definition) is 1. The molecule has 114 valence electrons. The number of nitrogens with zero attached hydrogens (tertiary/aromatic N) is 1. The van der Waals surface area contributed by atoms with Crippen LogP contribution in [0.5, 0.6) is 0 Å². The van der Waals surface area contributed by atoms with Crippen molar-refractivity contribution in [3.05, 3.63) is 0 Å². The summed E-state index contributed by atoms with van der Waals surface area (Å²) in [6.45, 7) is 8.76. The van der Waals surface area contributed by atoms with Gasteiger partial charge in [-0.3, -0.25) is 0 Å². The van der Waals surface area contributed by atoms with E-state index in [1.165, 1.54) is 0 Å². The van der Waals surface area contributed by atoms with Crippen LogP contribution in [0.3, 0.4) is 0 Å². The zero-order chi connectivity index (χ0) is 14.3. The van der Waals surface area contributed by atoms with Crippen molar-refractivity contribution in [2.24, 2.45) is 5.92 Å². The minimum atomic E-state index is -3.10. The predicted octanol–water partition coefficient (Wildman–Crippen LogP) is 2.22. The topological polar surface area (TPSA) is 49.4 Å². The summed E-state index contributed by atoms with van der Waals surface area (Å²) >= 11 is 0. The minimum Gasteiger partial charge on any atom is -0.317 e. The fourth-order valence-electron chi connectivity index (χ4n) is 2.90. The maximum atomic E-state index is 12.6. The molecule has 1 fully saturated rings. The van der Waals surface area contributed by atoms with E-state index in [1.807, 2.05) is 6.92 Å². The summed E-state index contributed by atoms with van der Waals surface area (Å²) in [6, 6.07) is 0.208. The molecule has 0 aromatic rings. The van der Waals surface area contributed by atoms with E-state index in [0.717, 1.165) is 45.2 Å². The normalized spacial score (nSPS) is 19.8. The number of rotatable bonds is 8. The smallest absolute Gasteiger partial charge is 0.214 e. The molecule has 1 saturated heterocycles. The quantitative estimate of drug-likeness (QED) is 0.745. The minimum absolute atomic E-state index is 0.208. The van der Waals surface area contributed by atoms with Crippen molar-refractivity contribution >= 4 is 10.0 Å². The van der Waals surface area contributed by atoms with Crippen LogP contribution in [-0.2, 0) is 10.0 Å². The number of nitrogens with one attached hydrogen (secondary N) is 1. The Labute approximate surface area is 119 Å². The monoisotopic (exact) mass is 290 g/mol. The summed E-state index contributed by atoms with van der Waals surface area (Å²) in [5.74, 6) is 0.571. The fraction of sp³-hybridized carbons (Fsp3) is 1.00. The summed E-state index contributed by atoms with van der Waals surface area (Å²) in [4.78, 5) is 0. The first-order valence-corrected chi connectivity index (χ1v) is 9.32. The molecule has 0 radical (unpaired) electrons. The Bertz CT molecular complexity index is 337. The molecule has 1 N–H and O–H groups in total. The van der Waals surface area contributed by atoms with Crippen LogP contribution in [0.2, 0.25) is 0 Å². The second-order valence-electron chi connectivity index (χ2n) is 5.76. The average molecular weight is 290 g/mol. The lowest BCUT2D eigenvalue weighted by Gasteiger charge is -2.34. The Balaban J connectivity index is 2.72. The molecule has 0 aliphatic carbocycles. The Hall–Kier alpha value is -0.130. The van der Waals surface area contributed by atoms with Crippen LogP contribution in [-0.4, -0.2) is 44.2 Å². The van der Waals surface area contributed by atoms with Gasteiger partial charge in [0.05, 0.1) is 5.75 Å². The Kier molecular flexibility index (Phi) is 7.32. The standard InChI is InChI=1S/C14H30N2O2S/c1-4-6-13(3)12-19(17,18)16(11-5-2)14-7-9-15-10-8-14/h13-15H,4-12H2,1-3H3. The maximum Gasteiger partial charge on any atom is 0.214 e. The van der Waals surface area contributed by atoms with E-state index < -0.39 is 10.0 Å². The molecule has 0 aromatic heterocycles. The maximum absolute atomic E-state index is 12.6. The Morgan fingerprint density at radius 3 is 2.37 bits per heavy atom. The molecular weight excluding hydrogens is 260 g/mol. The van der Waals surface area contributed by atoms with Crippen molar-refractivity contribution in [3.63, 3.8) is 0 Å². The van der Waals surface area contributed by atoms with Gasteiger partial charge in [-0.2, -0.15) is 4.31 Å². The molecule has 0 spiro atoms. The lowest BCUT2D eigenvalue weighted by atomic mass is 10.1. The van der Waals surface area contributed by atoms with Crippen molar-refractivity contribution in [2.45, 2.75) is 58.9 Å². The van der Waals surface area contributed by atoms with Gasteiger partial charge >= 0.3 is 0 Å². The van der Waals surface area contributed by atoms with Gasteiger partial charge in [0.15, 0.2) is 0 Å². The van der Waals surface area contributed by atoms with Crippen molar-refractivity contribution in [1.82, 2.24) is 9.62 Å². The predicted molar refractivity (Wildman–Crippen MR) is 80.7 cm³/mol. The van der Waals surface area contributed by atoms with E-state index in [1.54, 1.807) is 4.31 Å². The highest BCUT2D eigenvalue weighted by Crippen LogP contribution is 2.20. The first kappa shape index (κ1) is 16.9. The average Bonchev–Trinajstić information content (AvgIpc) is 2.36. The van der Waals surface area contributed by atoms with Crippen molar-refractivity contribution < 1.29 is 8.42 Å². The molecule has 1 atom stereocenters. The van der Waals surface area contributed by atoms with E-state index >= 15 is 0 Å². The van der Waals surface area contributed by atoms with Gasteiger partial charge in [0.1, 0.15) is 0 Å². The third-order valence-corrected chi connectivity index (χ3v) is 5.98. The third kappa shape index (κ3) is 5.40. The highest BCUT2D eigenvalue weighted by atomic mass is 32.2. The van der Waals surface area contributed by atoms with Crippen LogP contribution in [0.4, 0.5) is 0 Å². The molecule has 19 heavy (non-hydrogen) atoms. The lowest BCUT2D eigenvalue weighted by molar-refractivity contribution is 0.261. The van der Waals surface area contributed by atoms with Gasteiger partial charge in [0.2, 0.25) is 10.0 Å². The van der Waals surface area contributed by atoms with Crippen LogP contribution in [0.15, 0.2) is 0 Å². The van der Waals surface area contributed by atoms with Gasteiger partial charge < -0.3 is 5.32 Å². The molecule has 1 aliphatic rings. The summed E-state index contributed by atoms with van der Waals surface area (Å²) in [6.07, 6.45) is 4.83. The second kappa shape index (κ2) is 8.22. The van der Waals surface area contributed by atoms with Crippen molar-refractivity contribution in [3.8, 4) is 0 Å². The summed E-state index contributed by atoms with van der Waals surface area (Å²) in [7, 11) is -3.10. The fourth-order valence-corrected chi connectivity index (χ4v) is 5.10. The zero-order valence-electron chi connectivity index (χ0n) is 12.7. The summed E-state index contributed by atoms with van der Waals surface area (Å²) in [5, 5.41) is 3.30. The molecule has 0 bridgehead atoms. The first-order chi connectivity index (χ1) is 9.01. The van der Waals surface area contributed by atoms with E-state index in [4.69, 9.17) is 0 Å². The lowest BCUT2D eigenvalue weighted by Crippen LogP contribution is -2.47. The molecular formula is C14H30N2O2S. The van der Waals surface area contributed by atoms with Crippen LogP contribution in [0.25, 0.3) is 0 Å². The van der Waals surface area contributed by atoms with Gasteiger partial charge in [-0.05, 0) is 44.7 Å². The summed E-state index contributed by atoms with van der Waals surface area (Å²) < 4.78 is 27.0. The van der Waals surface area contributed by atoms with Crippen molar-refractivity contribution in [2.75, 3.05) is 25.4 Å². The Morgan fingerprint density at radius 2 is 1.84 bits per heavy atom. The molecule has 0 saturated carbocycles. The molecule has 0 aromatic carbocycles. The molecule has 0 amide bonds. The molecule has 4 nitrogen and oxygen atoms in total. The van der Waals surface area contributed by atoms with Crippen LogP contribution >= 0.6 is 0 Å². The van der Waals surface area contributed by atoms with Gasteiger partial charge in [-0.25, -0.2) is 8.42 Å². The van der Waals surface area contributed by atoms with E-state index in [-0.39, 0.29) is 12.0 Å². The van der Waals surface area contributed by atoms with Gasteiger partial charge in [-0.15, -0.1) is 0 Å². The molecule has 1 rings (SSSR count). The van der Waals surface area contributed by atoms with Crippen LogP contribution in [0.1, 0.15) is 52.9 Å². The van der Waals surface area contributed by atoms with Gasteiger partial charge in [-0.1, -0.05) is 27.2 Å². The van der Waals surface area contributed by atoms with E-state index in [2.05, 4.69) is 19.2 Å². The summed E-state index contributed by atoms with van der Waals surface area (Å²) in [5.41, 5.74) is 0. The van der Waals surface area contributed by atoms with Gasteiger partial charge in [0.25, 0.3) is 0 Å². The Morgan fingerprint density at radius 1 is 1.21 bits per heavy atom. The number of piperidine rings is 1. The largest absolute Gasteiger partial charge is 0.317 e. The van der Waals surface area contributed by atoms with Gasteiger partial charge in [0, 0.05) is 12.6 Å². The molecule has 1 unspecified atom stereocenters. The highest BCUT2D eigenvalue weighted by Gasteiger charge is 2.31. The number of hydrogen-bond acceptors (Lipinski definition) is 3. The third-order valence-electron chi connectivity index (χ3n) is 3.79.